The number of rotatable bonds is 15. The van der Waals surface area contributed by atoms with Crippen molar-refractivity contribution in [1.29, 1.82) is 0 Å². The summed E-state index contributed by atoms with van der Waals surface area (Å²) in [6.07, 6.45) is 12.0. The first kappa shape index (κ1) is 20.9. The molecule has 0 aromatic heterocycles. The molecule has 0 aromatic rings. The Morgan fingerprint density at radius 2 is 1.32 bits per heavy atom. The molecule has 22 heavy (non-hydrogen) atoms. The van der Waals surface area contributed by atoms with Crippen LogP contribution in [0.2, 0.25) is 0 Å². The van der Waals surface area contributed by atoms with Crippen LogP contribution in [0.4, 0.5) is 0 Å². The third-order valence-electron chi connectivity index (χ3n) is 3.80. The van der Waals surface area contributed by atoms with Crippen LogP contribution in [0, 0.1) is 0 Å². The Bertz CT molecular complexity index is 311. The van der Waals surface area contributed by atoms with Crippen molar-refractivity contribution in [2.24, 2.45) is 5.73 Å². The lowest BCUT2D eigenvalue weighted by Crippen LogP contribution is -2.54. The molecular weight excluding hydrogens is 284 g/mol. The maximum atomic E-state index is 11.0. The van der Waals surface area contributed by atoms with Crippen molar-refractivity contribution in [2.45, 2.75) is 83.2 Å². The van der Waals surface area contributed by atoms with Crippen LogP contribution in [0.3, 0.4) is 0 Å². The van der Waals surface area contributed by atoms with Crippen molar-refractivity contribution in [3.8, 4) is 0 Å². The first-order valence-corrected chi connectivity index (χ1v) is 8.45. The third kappa shape index (κ3) is 10.6. The van der Waals surface area contributed by atoms with Gasteiger partial charge >= 0.3 is 11.9 Å². The summed E-state index contributed by atoms with van der Waals surface area (Å²) in [6, 6.07) is -2.64. The molecule has 0 aliphatic rings. The van der Waals surface area contributed by atoms with Crippen LogP contribution in [0.15, 0.2) is 0 Å². The molecule has 0 amide bonds. The fourth-order valence-electron chi connectivity index (χ4n) is 2.38. The summed E-state index contributed by atoms with van der Waals surface area (Å²) in [5.41, 5.74) is 5.35. The molecule has 0 aliphatic carbocycles. The van der Waals surface area contributed by atoms with E-state index in [0.29, 0.717) is 6.54 Å². The highest BCUT2D eigenvalue weighted by Gasteiger charge is 2.29. The summed E-state index contributed by atoms with van der Waals surface area (Å²) in [5, 5.41) is 20.4. The minimum absolute atomic E-state index is 0.481. The van der Waals surface area contributed by atoms with Crippen LogP contribution in [-0.2, 0) is 9.59 Å². The molecule has 6 nitrogen and oxygen atoms in total. The summed E-state index contributed by atoms with van der Waals surface area (Å²) in [4.78, 5) is 21.7. The summed E-state index contributed by atoms with van der Waals surface area (Å²) in [5.74, 6) is -2.52. The predicted octanol–water partition coefficient (Wildman–Crippen LogP) is 2.36. The highest BCUT2D eigenvalue weighted by Crippen LogP contribution is 2.10. The Balaban J connectivity index is 3.54. The predicted molar refractivity (Wildman–Crippen MR) is 86.9 cm³/mol. The van der Waals surface area contributed by atoms with Gasteiger partial charge in [-0.05, 0) is 13.0 Å². The molecule has 2 unspecified atom stereocenters. The second-order valence-electron chi connectivity index (χ2n) is 5.82. The van der Waals surface area contributed by atoms with Gasteiger partial charge in [0, 0.05) is 0 Å². The van der Waals surface area contributed by atoms with Gasteiger partial charge in [0.2, 0.25) is 0 Å². The molecule has 0 radical (unpaired) electrons. The van der Waals surface area contributed by atoms with E-state index in [1.165, 1.54) is 44.9 Å². The number of carboxylic acid groups (broad SMARTS) is 2. The van der Waals surface area contributed by atoms with E-state index in [4.69, 9.17) is 15.9 Å². The Morgan fingerprint density at radius 1 is 0.864 bits per heavy atom. The summed E-state index contributed by atoms with van der Waals surface area (Å²) in [7, 11) is 0. The number of carboxylic acids is 2. The summed E-state index contributed by atoms with van der Waals surface area (Å²) >= 11 is 0. The van der Waals surface area contributed by atoms with Crippen molar-refractivity contribution in [1.82, 2.24) is 5.32 Å². The Labute approximate surface area is 133 Å². The number of hydrogen-bond donors (Lipinski definition) is 4. The van der Waals surface area contributed by atoms with E-state index in [9.17, 15) is 9.59 Å². The van der Waals surface area contributed by atoms with Crippen molar-refractivity contribution < 1.29 is 19.8 Å². The number of carbonyl (C=O) groups is 2. The standard InChI is InChI=1S/C16H32N2O4/c1-2-3-4-5-6-7-8-9-10-11-12-18-14(16(21)22)13(17)15(19)20/h13-14,18H,2-12,17H2,1H3,(H,19,20)(H,21,22). The van der Waals surface area contributed by atoms with Crippen molar-refractivity contribution in [3.05, 3.63) is 0 Å². The van der Waals surface area contributed by atoms with E-state index in [1.807, 2.05) is 0 Å². The number of nitrogens with two attached hydrogens (primary N) is 1. The molecule has 0 fully saturated rings. The number of aliphatic carboxylic acids is 2. The zero-order valence-corrected chi connectivity index (χ0v) is 13.7. The lowest BCUT2D eigenvalue weighted by atomic mass is 10.1. The van der Waals surface area contributed by atoms with E-state index in [-0.39, 0.29) is 0 Å². The van der Waals surface area contributed by atoms with Gasteiger partial charge in [0.25, 0.3) is 0 Å². The average Bonchev–Trinajstić information content (AvgIpc) is 2.47. The molecule has 0 aromatic carbocycles. The van der Waals surface area contributed by atoms with E-state index >= 15 is 0 Å². The van der Waals surface area contributed by atoms with E-state index in [1.54, 1.807) is 0 Å². The highest BCUT2D eigenvalue weighted by molar-refractivity contribution is 5.85. The molecule has 5 N–H and O–H groups in total. The van der Waals surface area contributed by atoms with Crippen molar-refractivity contribution in [3.63, 3.8) is 0 Å². The van der Waals surface area contributed by atoms with Gasteiger partial charge in [0.1, 0.15) is 12.1 Å². The van der Waals surface area contributed by atoms with Crippen LogP contribution < -0.4 is 11.1 Å². The van der Waals surface area contributed by atoms with Gasteiger partial charge in [-0.15, -0.1) is 0 Å². The van der Waals surface area contributed by atoms with E-state index in [0.717, 1.165) is 19.3 Å². The second kappa shape index (κ2) is 13.5. The molecule has 0 spiro atoms. The van der Waals surface area contributed by atoms with E-state index < -0.39 is 24.0 Å². The summed E-state index contributed by atoms with van der Waals surface area (Å²) < 4.78 is 0. The molecule has 130 valence electrons. The van der Waals surface area contributed by atoms with Gasteiger partial charge in [-0.25, -0.2) is 0 Å². The maximum Gasteiger partial charge on any atom is 0.322 e. The Morgan fingerprint density at radius 3 is 1.73 bits per heavy atom. The molecule has 0 heterocycles. The fraction of sp³-hybridized carbons (Fsp3) is 0.875. The first-order valence-electron chi connectivity index (χ1n) is 8.45. The number of unbranched alkanes of at least 4 members (excludes halogenated alkanes) is 9. The van der Waals surface area contributed by atoms with Crippen LogP contribution in [0.5, 0.6) is 0 Å². The average molecular weight is 316 g/mol. The number of nitrogens with one attached hydrogen (secondary N) is 1. The highest BCUT2D eigenvalue weighted by atomic mass is 16.4. The van der Waals surface area contributed by atoms with Crippen LogP contribution in [0.1, 0.15) is 71.1 Å². The molecule has 0 aliphatic heterocycles. The van der Waals surface area contributed by atoms with Gasteiger partial charge in [0.05, 0.1) is 0 Å². The first-order chi connectivity index (χ1) is 10.5. The van der Waals surface area contributed by atoms with Gasteiger partial charge in [-0.1, -0.05) is 64.7 Å². The molecular formula is C16H32N2O4. The van der Waals surface area contributed by atoms with Crippen molar-refractivity contribution in [2.75, 3.05) is 6.54 Å². The maximum absolute atomic E-state index is 11.0. The van der Waals surface area contributed by atoms with Gasteiger partial charge < -0.3 is 21.3 Å². The molecule has 6 heteroatoms. The topological polar surface area (TPSA) is 113 Å². The van der Waals surface area contributed by atoms with Gasteiger partial charge in [-0.2, -0.15) is 0 Å². The zero-order valence-electron chi connectivity index (χ0n) is 13.7. The Hall–Kier alpha value is -1.14. The smallest absolute Gasteiger partial charge is 0.322 e. The molecule has 0 saturated heterocycles. The van der Waals surface area contributed by atoms with E-state index in [2.05, 4.69) is 12.2 Å². The lowest BCUT2D eigenvalue weighted by molar-refractivity contribution is -0.147. The number of hydrogen-bond acceptors (Lipinski definition) is 4. The largest absolute Gasteiger partial charge is 0.480 e. The van der Waals surface area contributed by atoms with Crippen LogP contribution in [0.25, 0.3) is 0 Å². The molecule has 2 atom stereocenters. The summed E-state index contributed by atoms with van der Waals surface area (Å²) in [6.45, 7) is 2.70. The molecule has 0 rings (SSSR count). The van der Waals surface area contributed by atoms with Gasteiger partial charge in [0.15, 0.2) is 0 Å². The molecule has 0 bridgehead atoms. The normalized spacial score (nSPS) is 13.7. The van der Waals surface area contributed by atoms with Gasteiger partial charge in [-0.3, -0.25) is 9.59 Å². The fourth-order valence-corrected chi connectivity index (χ4v) is 2.38. The second-order valence-corrected chi connectivity index (χ2v) is 5.82. The van der Waals surface area contributed by atoms with Crippen LogP contribution in [-0.4, -0.2) is 40.8 Å². The molecule has 0 saturated carbocycles. The van der Waals surface area contributed by atoms with Crippen LogP contribution >= 0.6 is 0 Å². The monoisotopic (exact) mass is 316 g/mol. The minimum Gasteiger partial charge on any atom is -0.480 e. The minimum atomic E-state index is -1.42. The third-order valence-corrected chi connectivity index (χ3v) is 3.80. The van der Waals surface area contributed by atoms with Crippen molar-refractivity contribution >= 4 is 11.9 Å². The quantitative estimate of drug-likeness (QED) is 0.345. The Kier molecular flexibility index (Phi) is 12.8. The zero-order chi connectivity index (χ0) is 16.8. The SMILES string of the molecule is CCCCCCCCCCCCNC(C(=O)O)C(N)C(=O)O. The lowest BCUT2D eigenvalue weighted by Gasteiger charge is -2.17.